The minimum atomic E-state index is -4.92. The molecule has 2 saturated heterocycles. The van der Waals surface area contributed by atoms with E-state index in [1.807, 2.05) is 0 Å². The number of fused-ring (bicyclic) bond motifs is 1. The number of piperidine rings is 1. The van der Waals surface area contributed by atoms with Gasteiger partial charge in [-0.05, 0) is 54.3 Å². The number of carbonyl (C=O) groups is 1. The number of rotatable bonds is 5. The van der Waals surface area contributed by atoms with Crippen LogP contribution in [0, 0.1) is 0 Å². The Labute approximate surface area is 195 Å². The number of hydrogen-bond donors (Lipinski definition) is 1. The molecule has 2 aliphatic heterocycles. The second-order valence-electron chi connectivity index (χ2n) is 8.27. The number of aromatic nitrogens is 2. The highest BCUT2D eigenvalue weighted by Crippen LogP contribution is 2.37. The van der Waals surface area contributed by atoms with Crippen LogP contribution in [0.5, 0.6) is 0 Å². The number of nitrogens with zero attached hydrogens (tertiary/aromatic N) is 3. The summed E-state index contributed by atoms with van der Waals surface area (Å²) in [5.74, 6) is 0.348. The summed E-state index contributed by atoms with van der Waals surface area (Å²) in [6.07, 6.45) is -7.68. The fraction of sp³-hybridized carbons (Fsp3) is 0.476. The van der Waals surface area contributed by atoms with E-state index in [9.17, 15) is 31.1 Å². The number of benzene rings is 1. The third-order valence-corrected chi connectivity index (χ3v) is 5.97. The number of hydrogen-bond acceptors (Lipinski definition) is 5. The van der Waals surface area contributed by atoms with E-state index in [0.717, 1.165) is 0 Å². The van der Waals surface area contributed by atoms with E-state index in [1.54, 1.807) is 11.0 Å². The molecule has 3 atom stereocenters. The summed E-state index contributed by atoms with van der Waals surface area (Å²) in [4.78, 5) is 22.1. The smallest absolute Gasteiger partial charge is 0.372 e. The molecule has 2 aromatic rings. The molecule has 4 rings (SSSR count). The molecule has 1 N–H and O–H groups in total. The van der Waals surface area contributed by atoms with Crippen molar-refractivity contribution in [3.63, 3.8) is 0 Å². The van der Waals surface area contributed by atoms with Crippen LogP contribution >= 0.6 is 11.6 Å². The van der Waals surface area contributed by atoms with Crippen LogP contribution < -0.4 is 5.32 Å². The molecule has 3 heterocycles. The van der Waals surface area contributed by atoms with Crippen molar-refractivity contribution < 1.29 is 35.9 Å². The maximum absolute atomic E-state index is 13.1. The van der Waals surface area contributed by atoms with Gasteiger partial charge in [0, 0.05) is 31.2 Å². The van der Waals surface area contributed by atoms with Crippen LogP contribution in [0.3, 0.4) is 0 Å². The first-order valence-corrected chi connectivity index (χ1v) is 10.7. The lowest BCUT2D eigenvalue weighted by Gasteiger charge is -2.34. The highest BCUT2D eigenvalue weighted by Gasteiger charge is 2.42. The van der Waals surface area contributed by atoms with E-state index in [1.165, 1.54) is 6.20 Å². The zero-order valence-electron chi connectivity index (χ0n) is 17.5. The third-order valence-electron chi connectivity index (χ3n) is 5.79. The van der Waals surface area contributed by atoms with Gasteiger partial charge in [0.05, 0.1) is 23.8 Å². The third kappa shape index (κ3) is 5.72. The van der Waals surface area contributed by atoms with Crippen molar-refractivity contribution in [3.05, 3.63) is 52.4 Å². The largest absolute Gasteiger partial charge is 0.416 e. The zero-order chi connectivity index (χ0) is 24.7. The average molecular weight is 509 g/mol. The number of anilines is 1. The normalized spacial score (nSPS) is 23.2. The van der Waals surface area contributed by atoms with Crippen LogP contribution in [0.4, 0.5) is 32.2 Å². The van der Waals surface area contributed by atoms with Crippen LogP contribution in [0.25, 0.3) is 0 Å². The molecule has 1 aromatic carbocycles. The van der Waals surface area contributed by atoms with Gasteiger partial charge in [-0.25, -0.2) is 9.97 Å². The molecule has 0 spiro atoms. The van der Waals surface area contributed by atoms with Gasteiger partial charge in [0.2, 0.25) is 11.2 Å². The molecule has 0 bridgehead atoms. The summed E-state index contributed by atoms with van der Waals surface area (Å²) in [5.41, 5.74) is -3.02. The minimum absolute atomic E-state index is 0.0614. The van der Waals surface area contributed by atoms with Gasteiger partial charge in [-0.15, -0.1) is 0 Å². The Balaban J connectivity index is 1.40. The van der Waals surface area contributed by atoms with E-state index in [-0.39, 0.29) is 47.9 Å². The Morgan fingerprint density at radius 1 is 1.09 bits per heavy atom. The van der Waals surface area contributed by atoms with E-state index in [0.29, 0.717) is 30.8 Å². The van der Waals surface area contributed by atoms with Gasteiger partial charge in [-0.3, -0.25) is 4.79 Å². The van der Waals surface area contributed by atoms with Gasteiger partial charge in [-0.2, -0.15) is 26.3 Å². The minimum Gasteiger partial charge on any atom is -0.372 e. The summed E-state index contributed by atoms with van der Waals surface area (Å²) in [6, 6.07) is 2.61. The fourth-order valence-corrected chi connectivity index (χ4v) is 4.46. The fourth-order valence-electron chi connectivity index (χ4n) is 4.31. The first-order chi connectivity index (χ1) is 15.9. The molecule has 2 fully saturated rings. The topological polar surface area (TPSA) is 67.3 Å². The number of nitrogens with one attached hydrogen (secondary N) is 1. The number of halogens is 7. The van der Waals surface area contributed by atoms with Gasteiger partial charge in [0.25, 0.3) is 0 Å². The van der Waals surface area contributed by atoms with Crippen molar-refractivity contribution in [1.82, 2.24) is 14.9 Å². The molecule has 184 valence electrons. The number of alkyl halides is 6. The van der Waals surface area contributed by atoms with E-state index in [4.69, 9.17) is 16.3 Å². The zero-order valence-corrected chi connectivity index (χ0v) is 18.2. The standard InChI is InChI=1S/C21H19ClF6N4O2/c22-19-29-2-1-17(31-19)30-14-6-15-8-16(9-32(15)18(33)7-14)34-10-11-3-12(20(23,24)25)5-13(4-11)21(26,27)28/h1-5,14-16H,6-10H2,(H,29,30,31). The summed E-state index contributed by atoms with van der Waals surface area (Å²) in [5, 5.41) is 3.20. The first-order valence-electron chi connectivity index (χ1n) is 10.3. The maximum atomic E-state index is 13.1. The van der Waals surface area contributed by atoms with Crippen LogP contribution in [0.1, 0.15) is 36.0 Å². The lowest BCUT2D eigenvalue weighted by atomic mass is 9.97. The van der Waals surface area contributed by atoms with E-state index in [2.05, 4.69) is 15.3 Å². The molecule has 1 aromatic heterocycles. The second-order valence-corrected chi connectivity index (χ2v) is 8.61. The Hall–Kier alpha value is -2.60. The monoisotopic (exact) mass is 508 g/mol. The molecule has 0 aliphatic carbocycles. The molecule has 3 unspecified atom stereocenters. The average Bonchev–Trinajstić information content (AvgIpc) is 3.14. The van der Waals surface area contributed by atoms with Crippen LogP contribution in [-0.2, 0) is 28.5 Å². The SMILES string of the molecule is O=C1CC(Nc2ccnc(Cl)n2)CC2CC(OCc3cc(C(F)(F)F)cc(C(F)(F)F)c3)CN12. The molecule has 2 aliphatic rings. The number of carbonyl (C=O) groups excluding carboxylic acids is 1. The summed E-state index contributed by atoms with van der Waals surface area (Å²) in [7, 11) is 0. The molecular weight excluding hydrogens is 490 g/mol. The molecule has 6 nitrogen and oxygen atoms in total. The lowest BCUT2D eigenvalue weighted by Crippen LogP contribution is -2.46. The molecule has 1 amide bonds. The molecule has 34 heavy (non-hydrogen) atoms. The van der Waals surface area contributed by atoms with Crippen molar-refractivity contribution in [3.8, 4) is 0 Å². The lowest BCUT2D eigenvalue weighted by molar-refractivity contribution is -0.143. The Kier molecular flexibility index (Phi) is 6.65. The number of amides is 1. The van der Waals surface area contributed by atoms with Crippen LogP contribution in [0.2, 0.25) is 5.28 Å². The van der Waals surface area contributed by atoms with Crippen molar-refractivity contribution in [2.24, 2.45) is 0 Å². The van der Waals surface area contributed by atoms with Crippen molar-refractivity contribution in [2.45, 2.75) is 56.4 Å². The maximum Gasteiger partial charge on any atom is 0.416 e. The van der Waals surface area contributed by atoms with Gasteiger partial charge in [0.1, 0.15) is 5.82 Å². The van der Waals surface area contributed by atoms with Gasteiger partial charge in [0.15, 0.2) is 0 Å². The summed E-state index contributed by atoms with van der Waals surface area (Å²) in [6.45, 7) is -0.214. The molecule has 13 heteroatoms. The highest BCUT2D eigenvalue weighted by atomic mass is 35.5. The summed E-state index contributed by atoms with van der Waals surface area (Å²) < 4.78 is 84.0. The van der Waals surface area contributed by atoms with Crippen molar-refractivity contribution >= 4 is 23.3 Å². The molecule has 0 radical (unpaired) electrons. The van der Waals surface area contributed by atoms with Crippen molar-refractivity contribution in [2.75, 3.05) is 11.9 Å². The van der Waals surface area contributed by atoms with Gasteiger partial charge < -0.3 is 15.0 Å². The van der Waals surface area contributed by atoms with E-state index < -0.39 is 36.2 Å². The Bertz CT molecular complexity index is 1030. The number of ether oxygens (including phenoxy) is 1. The molecular formula is C21H19ClF6N4O2. The van der Waals surface area contributed by atoms with Gasteiger partial charge in [-0.1, -0.05) is 0 Å². The van der Waals surface area contributed by atoms with Crippen molar-refractivity contribution in [1.29, 1.82) is 0 Å². The molecule has 0 saturated carbocycles. The Morgan fingerprint density at radius 3 is 2.38 bits per heavy atom. The highest BCUT2D eigenvalue weighted by molar-refractivity contribution is 6.28. The Morgan fingerprint density at radius 2 is 1.76 bits per heavy atom. The van der Waals surface area contributed by atoms with Crippen LogP contribution in [-0.4, -0.2) is 45.5 Å². The van der Waals surface area contributed by atoms with E-state index >= 15 is 0 Å². The summed E-state index contributed by atoms with van der Waals surface area (Å²) >= 11 is 5.78. The second kappa shape index (κ2) is 9.21. The first kappa shape index (κ1) is 24.5. The quantitative estimate of drug-likeness (QED) is 0.458. The van der Waals surface area contributed by atoms with Crippen LogP contribution in [0.15, 0.2) is 30.5 Å². The van der Waals surface area contributed by atoms with Gasteiger partial charge >= 0.3 is 12.4 Å². The predicted molar refractivity (Wildman–Crippen MR) is 109 cm³/mol. The predicted octanol–water partition coefficient (Wildman–Crippen LogP) is 4.93.